The molecule has 0 saturated heterocycles. The average molecular weight is 181 g/mol. The Kier molecular flexibility index (Phi) is 3.26. The van der Waals surface area contributed by atoms with Gasteiger partial charge in [-0.25, -0.2) is 0 Å². The summed E-state index contributed by atoms with van der Waals surface area (Å²) in [6.07, 6.45) is 2.80. The third kappa shape index (κ3) is 2.43. The highest BCUT2D eigenvalue weighted by atomic mass is 16.2. The zero-order valence-electron chi connectivity index (χ0n) is 7.79. The van der Waals surface area contributed by atoms with E-state index in [0.717, 1.165) is 19.3 Å². The first-order valence-corrected chi connectivity index (χ1v) is 4.60. The number of rotatable bonds is 2. The molecule has 3 atom stereocenters. The minimum absolute atomic E-state index is 0.0171. The number of nitriles is 1. The zero-order valence-corrected chi connectivity index (χ0v) is 7.79. The van der Waals surface area contributed by atoms with E-state index in [-0.39, 0.29) is 17.9 Å². The topological polar surface area (TPSA) is 78.9 Å². The Hall–Kier alpha value is -1.08. The van der Waals surface area contributed by atoms with Gasteiger partial charge in [0, 0.05) is 6.04 Å². The maximum Gasteiger partial charge on any atom is 0.236 e. The van der Waals surface area contributed by atoms with Crippen molar-refractivity contribution >= 4 is 5.91 Å². The van der Waals surface area contributed by atoms with Crippen molar-refractivity contribution in [2.45, 2.75) is 38.3 Å². The molecule has 0 aromatic heterocycles. The van der Waals surface area contributed by atoms with Crippen molar-refractivity contribution in [3.63, 3.8) is 0 Å². The monoisotopic (exact) mass is 181 g/mol. The maximum absolute atomic E-state index is 11.2. The van der Waals surface area contributed by atoms with Crippen LogP contribution in [-0.2, 0) is 4.79 Å². The molecule has 1 rings (SSSR count). The van der Waals surface area contributed by atoms with E-state index in [4.69, 9.17) is 11.0 Å². The summed E-state index contributed by atoms with van der Waals surface area (Å²) in [5.41, 5.74) is 5.41. The summed E-state index contributed by atoms with van der Waals surface area (Å²) in [5, 5.41) is 11.5. The van der Waals surface area contributed by atoms with Gasteiger partial charge >= 0.3 is 0 Å². The molecule has 4 heteroatoms. The molecule has 0 heterocycles. The van der Waals surface area contributed by atoms with Crippen LogP contribution in [0.25, 0.3) is 0 Å². The molecule has 1 aliphatic carbocycles. The van der Waals surface area contributed by atoms with Gasteiger partial charge < -0.3 is 11.1 Å². The predicted octanol–water partition coefficient (Wildman–Crippen LogP) is 0.142. The molecule has 1 aliphatic rings. The van der Waals surface area contributed by atoms with E-state index in [2.05, 4.69) is 11.4 Å². The minimum Gasteiger partial charge on any atom is -0.351 e. The maximum atomic E-state index is 11.2. The number of nitrogens with one attached hydrogen (secondary N) is 1. The average Bonchev–Trinajstić information content (AvgIpc) is 2.51. The molecule has 1 saturated carbocycles. The molecule has 1 fully saturated rings. The first-order chi connectivity index (χ1) is 6.15. The summed E-state index contributed by atoms with van der Waals surface area (Å²) in [6, 6.07) is 1.73. The quantitative estimate of drug-likeness (QED) is 0.636. The fourth-order valence-corrected chi connectivity index (χ4v) is 1.60. The molecule has 4 nitrogen and oxygen atoms in total. The Balaban J connectivity index is 2.45. The first kappa shape index (κ1) is 10.0. The lowest BCUT2D eigenvalue weighted by Crippen LogP contribution is -2.45. The van der Waals surface area contributed by atoms with E-state index >= 15 is 0 Å². The molecule has 0 spiro atoms. The number of hydrogen-bond donors (Lipinski definition) is 2. The lowest BCUT2D eigenvalue weighted by Gasteiger charge is -2.16. The van der Waals surface area contributed by atoms with Crippen LogP contribution < -0.4 is 11.1 Å². The van der Waals surface area contributed by atoms with Crippen LogP contribution in [0.5, 0.6) is 0 Å². The van der Waals surface area contributed by atoms with E-state index in [1.165, 1.54) is 0 Å². The van der Waals surface area contributed by atoms with Crippen molar-refractivity contribution in [1.82, 2.24) is 5.32 Å². The lowest BCUT2D eigenvalue weighted by molar-refractivity contribution is -0.122. The Morgan fingerprint density at radius 2 is 2.38 bits per heavy atom. The van der Waals surface area contributed by atoms with Crippen molar-refractivity contribution in [2.24, 2.45) is 11.7 Å². The summed E-state index contributed by atoms with van der Waals surface area (Å²) in [7, 11) is 0. The molecule has 0 aromatic rings. The van der Waals surface area contributed by atoms with Gasteiger partial charge in [-0.15, -0.1) is 0 Å². The summed E-state index contributed by atoms with van der Waals surface area (Å²) in [4.78, 5) is 11.2. The summed E-state index contributed by atoms with van der Waals surface area (Å²) >= 11 is 0. The third-order valence-corrected chi connectivity index (χ3v) is 2.42. The van der Waals surface area contributed by atoms with Gasteiger partial charge in [-0.2, -0.15) is 5.26 Å². The molecule has 0 aliphatic heterocycles. The molecule has 3 N–H and O–H groups in total. The van der Waals surface area contributed by atoms with Gasteiger partial charge in [0.1, 0.15) is 0 Å². The van der Waals surface area contributed by atoms with Crippen LogP contribution in [0, 0.1) is 17.2 Å². The smallest absolute Gasteiger partial charge is 0.236 e. The second-order valence-corrected chi connectivity index (χ2v) is 3.57. The molecular weight excluding hydrogens is 166 g/mol. The van der Waals surface area contributed by atoms with Crippen molar-refractivity contribution in [2.75, 3.05) is 0 Å². The van der Waals surface area contributed by atoms with Crippen LogP contribution in [0.2, 0.25) is 0 Å². The molecule has 72 valence electrons. The predicted molar refractivity (Wildman–Crippen MR) is 48.5 cm³/mol. The number of carbonyl (C=O) groups is 1. The molecule has 1 amide bonds. The van der Waals surface area contributed by atoms with Crippen LogP contribution >= 0.6 is 0 Å². The molecule has 0 bridgehead atoms. The Bertz CT molecular complexity index is 232. The van der Waals surface area contributed by atoms with Gasteiger partial charge in [0.15, 0.2) is 0 Å². The van der Waals surface area contributed by atoms with Crippen molar-refractivity contribution in [3.05, 3.63) is 0 Å². The van der Waals surface area contributed by atoms with Gasteiger partial charge in [0.2, 0.25) is 5.91 Å². The molecule has 0 radical (unpaired) electrons. The third-order valence-electron chi connectivity index (χ3n) is 2.42. The number of nitrogens with two attached hydrogens (primary N) is 1. The summed E-state index contributed by atoms with van der Waals surface area (Å²) in [5.74, 6) is -0.185. The molecule has 3 unspecified atom stereocenters. The Labute approximate surface area is 78.1 Å². The normalized spacial score (nSPS) is 29.3. The highest BCUT2D eigenvalue weighted by Gasteiger charge is 2.28. The lowest BCUT2D eigenvalue weighted by atomic mass is 10.1. The van der Waals surface area contributed by atoms with E-state index in [9.17, 15) is 4.79 Å². The van der Waals surface area contributed by atoms with Crippen LogP contribution in [-0.4, -0.2) is 18.0 Å². The highest BCUT2D eigenvalue weighted by Crippen LogP contribution is 2.24. The minimum atomic E-state index is -0.486. The van der Waals surface area contributed by atoms with Gasteiger partial charge in [0.25, 0.3) is 0 Å². The van der Waals surface area contributed by atoms with Crippen molar-refractivity contribution in [1.29, 1.82) is 5.26 Å². The fourth-order valence-electron chi connectivity index (χ4n) is 1.60. The SMILES string of the molecule is CC(N)C(=O)NC1CCCC1C#N. The Morgan fingerprint density at radius 3 is 2.92 bits per heavy atom. The van der Waals surface area contributed by atoms with Gasteiger partial charge in [-0.3, -0.25) is 4.79 Å². The van der Waals surface area contributed by atoms with Crippen molar-refractivity contribution < 1.29 is 4.79 Å². The van der Waals surface area contributed by atoms with Crippen LogP contribution in [0.4, 0.5) is 0 Å². The molecule has 13 heavy (non-hydrogen) atoms. The van der Waals surface area contributed by atoms with Crippen LogP contribution in [0.3, 0.4) is 0 Å². The van der Waals surface area contributed by atoms with Gasteiger partial charge in [-0.1, -0.05) is 0 Å². The van der Waals surface area contributed by atoms with E-state index in [1.54, 1.807) is 6.92 Å². The zero-order chi connectivity index (χ0) is 9.84. The Morgan fingerprint density at radius 1 is 1.69 bits per heavy atom. The first-order valence-electron chi connectivity index (χ1n) is 4.60. The number of carbonyl (C=O) groups excluding carboxylic acids is 1. The fraction of sp³-hybridized carbons (Fsp3) is 0.778. The standard InChI is InChI=1S/C9H15N3O/c1-6(11)9(13)12-8-4-2-3-7(8)5-10/h6-8H,2-4,11H2,1H3,(H,12,13). The second-order valence-electron chi connectivity index (χ2n) is 3.57. The van der Waals surface area contributed by atoms with E-state index in [0.29, 0.717) is 0 Å². The summed E-state index contributed by atoms with van der Waals surface area (Å²) in [6.45, 7) is 1.64. The van der Waals surface area contributed by atoms with E-state index in [1.807, 2.05) is 0 Å². The van der Waals surface area contributed by atoms with E-state index < -0.39 is 6.04 Å². The van der Waals surface area contributed by atoms with Crippen LogP contribution in [0.15, 0.2) is 0 Å². The number of hydrogen-bond acceptors (Lipinski definition) is 3. The largest absolute Gasteiger partial charge is 0.351 e. The van der Waals surface area contributed by atoms with Gasteiger partial charge in [0.05, 0.1) is 18.0 Å². The number of nitrogens with zero attached hydrogens (tertiary/aromatic N) is 1. The van der Waals surface area contributed by atoms with Crippen molar-refractivity contribution in [3.8, 4) is 6.07 Å². The molecular formula is C9H15N3O. The number of amides is 1. The second kappa shape index (κ2) is 4.24. The molecule has 0 aromatic carbocycles. The van der Waals surface area contributed by atoms with Crippen LogP contribution in [0.1, 0.15) is 26.2 Å². The summed E-state index contributed by atoms with van der Waals surface area (Å²) < 4.78 is 0. The van der Waals surface area contributed by atoms with Gasteiger partial charge in [-0.05, 0) is 26.2 Å². The highest BCUT2D eigenvalue weighted by molar-refractivity contribution is 5.81.